The maximum Gasteiger partial charge on any atom is 0.490 e. The van der Waals surface area contributed by atoms with E-state index >= 15 is 0 Å². The summed E-state index contributed by atoms with van der Waals surface area (Å²) in [6, 6.07) is 0.689. The number of aliphatic carboxylic acids is 1. The number of alkyl halides is 3. The Labute approximate surface area is 180 Å². The van der Waals surface area contributed by atoms with Gasteiger partial charge in [-0.3, -0.25) is 9.69 Å². The van der Waals surface area contributed by atoms with Crippen LogP contribution in [0.4, 0.5) is 13.2 Å². The lowest BCUT2D eigenvalue weighted by molar-refractivity contribution is -0.195. The monoisotopic (exact) mass is 454 g/mol. The number of ether oxygens (including phenoxy) is 3. The number of likely N-dealkylation sites (tertiary alicyclic amines) is 1. The average Bonchev–Trinajstić information content (AvgIpc) is 2.69. The first-order valence-corrected chi connectivity index (χ1v) is 10.6. The van der Waals surface area contributed by atoms with Gasteiger partial charge in [0.1, 0.15) is 6.61 Å². The first kappa shape index (κ1) is 25.8. The highest BCUT2D eigenvalue weighted by atomic mass is 19.4. The van der Waals surface area contributed by atoms with E-state index in [-0.39, 0.29) is 18.1 Å². The molecule has 8 nitrogen and oxygen atoms in total. The van der Waals surface area contributed by atoms with E-state index in [2.05, 4.69) is 4.90 Å². The highest BCUT2D eigenvalue weighted by molar-refractivity contribution is 5.76. The quantitative estimate of drug-likeness (QED) is 0.612. The molecule has 0 aromatic carbocycles. The van der Waals surface area contributed by atoms with Crippen LogP contribution in [0.2, 0.25) is 0 Å². The number of nitrogens with zero attached hydrogens (tertiary/aromatic N) is 2. The molecule has 0 bridgehead atoms. The minimum Gasteiger partial charge on any atom is -0.475 e. The van der Waals surface area contributed by atoms with Crippen molar-refractivity contribution in [3.63, 3.8) is 0 Å². The second kappa shape index (κ2) is 11.4. The summed E-state index contributed by atoms with van der Waals surface area (Å²) in [6.07, 6.45) is 0.519. The van der Waals surface area contributed by atoms with E-state index in [9.17, 15) is 18.0 Å². The molecule has 1 N–H and O–H groups in total. The van der Waals surface area contributed by atoms with Gasteiger partial charge in [0.05, 0.1) is 5.60 Å². The Morgan fingerprint density at radius 1 is 1.16 bits per heavy atom. The maximum absolute atomic E-state index is 11.5. The normalized spacial score (nSPS) is 24.1. The summed E-state index contributed by atoms with van der Waals surface area (Å²) in [7, 11) is 3.52. The number of carboxylic acids is 1. The van der Waals surface area contributed by atoms with E-state index in [1.165, 1.54) is 0 Å². The van der Waals surface area contributed by atoms with E-state index in [0.717, 1.165) is 65.0 Å². The molecule has 3 fully saturated rings. The van der Waals surface area contributed by atoms with Gasteiger partial charge in [-0.15, -0.1) is 0 Å². The zero-order valence-electron chi connectivity index (χ0n) is 18.2. The Morgan fingerprint density at radius 2 is 1.77 bits per heavy atom. The lowest BCUT2D eigenvalue weighted by atomic mass is 9.78. The molecular weight excluding hydrogens is 421 g/mol. The predicted octanol–water partition coefficient (Wildman–Crippen LogP) is 1.77. The van der Waals surface area contributed by atoms with Crippen LogP contribution >= 0.6 is 0 Å². The van der Waals surface area contributed by atoms with Gasteiger partial charge in [-0.05, 0) is 38.0 Å². The van der Waals surface area contributed by atoms with Gasteiger partial charge < -0.3 is 24.2 Å². The zero-order valence-corrected chi connectivity index (χ0v) is 18.2. The van der Waals surface area contributed by atoms with Crippen molar-refractivity contribution < 1.29 is 42.1 Å². The topological polar surface area (TPSA) is 88.5 Å². The summed E-state index contributed by atoms with van der Waals surface area (Å²) in [4.78, 5) is 24.6. The highest BCUT2D eigenvalue weighted by Gasteiger charge is 2.49. The third kappa shape index (κ3) is 8.21. The van der Waals surface area contributed by atoms with Crippen LogP contribution in [0.5, 0.6) is 0 Å². The fraction of sp³-hybridized carbons (Fsp3) is 0.900. The lowest BCUT2D eigenvalue weighted by Crippen LogP contribution is -2.68. The highest BCUT2D eigenvalue weighted by Crippen LogP contribution is 2.40. The molecule has 1 spiro atoms. The second-order valence-electron chi connectivity index (χ2n) is 8.57. The summed E-state index contributed by atoms with van der Waals surface area (Å²) in [5, 5.41) is 7.12. The summed E-state index contributed by atoms with van der Waals surface area (Å²) >= 11 is 0. The number of likely N-dealkylation sites (N-methyl/N-ethyl adjacent to an activating group) is 1. The third-order valence-electron chi connectivity index (χ3n) is 5.92. The van der Waals surface area contributed by atoms with Crippen LogP contribution in [0.25, 0.3) is 0 Å². The molecule has 0 saturated carbocycles. The Kier molecular flexibility index (Phi) is 9.53. The fourth-order valence-corrected chi connectivity index (χ4v) is 4.14. The number of halogens is 3. The van der Waals surface area contributed by atoms with Crippen LogP contribution in [0.1, 0.15) is 32.1 Å². The molecule has 31 heavy (non-hydrogen) atoms. The fourth-order valence-electron chi connectivity index (χ4n) is 4.14. The van der Waals surface area contributed by atoms with E-state index in [1.54, 1.807) is 19.0 Å². The molecular formula is C20H33F3N2O6. The molecule has 11 heteroatoms. The number of hydrogen-bond acceptors (Lipinski definition) is 6. The van der Waals surface area contributed by atoms with Crippen LogP contribution in [-0.2, 0) is 23.8 Å². The maximum atomic E-state index is 11.5. The molecule has 3 saturated heterocycles. The van der Waals surface area contributed by atoms with Crippen LogP contribution in [0.3, 0.4) is 0 Å². The first-order chi connectivity index (χ1) is 14.5. The van der Waals surface area contributed by atoms with Gasteiger partial charge in [0.15, 0.2) is 0 Å². The summed E-state index contributed by atoms with van der Waals surface area (Å²) < 4.78 is 48.9. The SMILES string of the molecule is CN(C)C(=O)COCCC1CCOC2(C1)CN(C1CCOCC1)C2.O=C(O)C(F)(F)F. The van der Waals surface area contributed by atoms with Gasteiger partial charge in [0.25, 0.3) is 0 Å². The Hall–Kier alpha value is -1.43. The van der Waals surface area contributed by atoms with Gasteiger partial charge in [-0.25, -0.2) is 4.79 Å². The van der Waals surface area contributed by atoms with Crippen LogP contribution < -0.4 is 0 Å². The first-order valence-electron chi connectivity index (χ1n) is 10.6. The van der Waals surface area contributed by atoms with Crippen molar-refractivity contribution >= 4 is 11.9 Å². The Balaban J connectivity index is 0.000000423. The van der Waals surface area contributed by atoms with Crippen molar-refractivity contribution in [1.29, 1.82) is 0 Å². The molecule has 3 aliphatic rings. The van der Waals surface area contributed by atoms with Crippen molar-refractivity contribution in [2.24, 2.45) is 5.92 Å². The number of hydrogen-bond donors (Lipinski definition) is 1. The molecule has 3 heterocycles. The van der Waals surface area contributed by atoms with Gasteiger partial charge in [-0.2, -0.15) is 13.2 Å². The molecule has 0 aliphatic carbocycles. The van der Waals surface area contributed by atoms with Gasteiger partial charge in [0, 0.05) is 59.7 Å². The van der Waals surface area contributed by atoms with Gasteiger partial charge in [0.2, 0.25) is 5.91 Å². The van der Waals surface area contributed by atoms with Crippen molar-refractivity contribution in [3.05, 3.63) is 0 Å². The standard InChI is InChI=1S/C18H32N2O4.C2HF3O2/c1-19(2)17(21)12-23-7-3-15-4-10-24-18(11-15)13-20(14-18)16-5-8-22-9-6-16;3-2(4,5)1(6)7/h15-16H,3-14H2,1-2H3;(H,6,7). The summed E-state index contributed by atoms with van der Waals surface area (Å²) in [6.45, 7) is 5.69. The van der Waals surface area contributed by atoms with Crippen LogP contribution in [0, 0.1) is 5.92 Å². The van der Waals surface area contributed by atoms with E-state index in [1.807, 2.05) is 0 Å². The lowest BCUT2D eigenvalue weighted by Gasteiger charge is -2.56. The Bertz CT molecular complexity index is 590. The molecule has 1 unspecified atom stereocenters. The number of carboxylic acid groups (broad SMARTS) is 1. The van der Waals surface area contributed by atoms with E-state index in [4.69, 9.17) is 24.1 Å². The molecule has 0 aromatic rings. The molecule has 0 aromatic heterocycles. The van der Waals surface area contributed by atoms with Crippen molar-refractivity contribution in [2.45, 2.75) is 49.9 Å². The van der Waals surface area contributed by atoms with Crippen molar-refractivity contribution in [2.75, 3.05) is 60.2 Å². The molecule has 180 valence electrons. The third-order valence-corrected chi connectivity index (χ3v) is 5.92. The Morgan fingerprint density at radius 3 is 2.32 bits per heavy atom. The minimum atomic E-state index is -5.08. The second-order valence-corrected chi connectivity index (χ2v) is 8.57. The summed E-state index contributed by atoms with van der Waals surface area (Å²) in [5.41, 5.74) is 0.0840. The average molecular weight is 454 g/mol. The van der Waals surface area contributed by atoms with Crippen molar-refractivity contribution in [3.8, 4) is 0 Å². The molecule has 1 atom stereocenters. The number of amides is 1. The van der Waals surface area contributed by atoms with E-state index < -0.39 is 12.1 Å². The number of rotatable bonds is 6. The van der Waals surface area contributed by atoms with Gasteiger partial charge in [-0.1, -0.05) is 0 Å². The number of carbonyl (C=O) groups excluding carboxylic acids is 1. The number of carbonyl (C=O) groups is 2. The molecule has 1 amide bonds. The minimum absolute atomic E-state index is 0.0320. The summed E-state index contributed by atoms with van der Waals surface area (Å²) in [5.74, 6) is -2.07. The predicted molar refractivity (Wildman–Crippen MR) is 105 cm³/mol. The van der Waals surface area contributed by atoms with E-state index in [0.29, 0.717) is 18.6 Å². The molecule has 3 rings (SSSR count). The molecule has 3 aliphatic heterocycles. The van der Waals surface area contributed by atoms with Crippen LogP contribution in [-0.4, -0.2) is 105 Å². The van der Waals surface area contributed by atoms with Crippen molar-refractivity contribution in [1.82, 2.24) is 9.80 Å². The van der Waals surface area contributed by atoms with Crippen LogP contribution in [0.15, 0.2) is 0 Å². The zero-order chi connectivity index (χ0) is 23.1. The largest absolute Gasteiger partial charge is 0.490 e. The molecule has 0 radical (unpaired) electrons. The van der Waals surface area contributed by atoms with Gasteiger partial charge >= 0.3 is 12.1 Å². The smallest absolute Gasteiger partial charge is 0.475 e.